The van der Waals surface area contributed by atoms with E-state index in [4.69, 9.17) is 0 Å². The summed E-state index contributed by atoms with van der Waals surface area (Å²) >= 11 is 1.45. The summed E-state index contributed by atoms with van der Waals surface area (Å²) in [6.07, 6.45) is 12.4. The smallest absolute Gasteiger partial charge is 0.244 e. The van der Waals surface area contributed by atoms with Gasteiger partial charge in [0.1, 0.15) is 12.1 Å². The van der Waals surface area contributed by atoms with E-state index >= 15 is 0 Å². The number of ketones is 1. The summed E-state index contributed by atoms with van der Waals surface area (Å²) in [6.45, 7) is 6.34. The summed E-state index contributed by atoms with van der Waals surface area (Å²) in [5, 5.41) is 9.70. The molecule has 230 valence electrons. The molecular formula is C31H35FN8O2S2. The van der Waals surface area contributed by atoms with Gasteiger partial charge in [-0.05, 0) is 73.6 Å². The van der Waals surface area contributed by atoms with E-state index in [2.05, 4.69) is 57.9 Å². The van der Waals surface area contributed by atoms with Crippen LogP contribution in [0.5, 0.6) is 0 Å². The van der Waals surface area contributed by atoms with Gasteiger partial charge in [0, 0.05) is 30.2 Å². The number of hydrogen-bond acceptors (Lipinski definition) is 8. The van der Waals surface area contributed by atoms with Crippen molar-refractivity contribution in [2.45, 2.75) is 82.0 Å². The Morgan fingerprint density at radius 3 is 2.57 bits per heavy atom. The quantitative estimate of drug-likeness (QED) is 0.212. The molecule has 0 N–H and O–H groups in total. The average molecular weight is 635 g/mol. The molecule has 3 atom stereocenters. The standard InChI is InChI=1S/C31H35FN8O2S2/c1-30(2,3)25-17-34-28(43-25)27(41)31-13-19-15-36-39(26-11-7-21(32)16-33-26)24(19)12-20(31)6-8-23(14-31)40(22-9-10-22)44(5,42)29-35-18-38(4)37-29/h7,11-12,15-18,22-23H,5-6,8-10,13-14H2,1-4H3/t23-,31-,44?/m0/s1. The molecule has 0 aliphatic heterocycles. The van der Waals surface area contributed by atoms with Crippen LogP contribution in [0.4, 0.5) is 4.39 Å². The highest BCUT2D eigenvalue weighted by atomic mass is 32.2. The molecule has 0 radical (unpaired) electrons. The van der Waals surface area contributed by atoms with Crippen LogP contribution >= 0.6 is 11.3 Å². The van der Waals surface area contributed by atoms with Crippen molar-refractivity contribution in [3.05, 3.63) is 69.6 Å². The predicted octanol–water partition coefficient (Wildman–Crippen LogP) is 4.81. The molecule has 1 unspecified atom stereocenters. The summed E-state index contributed by atoms with van der Waals surface area (Å²) in [5.41, 5.74) is 1.72. The van der Waals surface area contributed by atoms with Gasteiger partial charge in [-0.15, -0.1) is 16.4 Å². The Balaban J connectivity index is 1.32. The summed E-state index contributed by atoms with van der Waals surface area (Å²) in [5.74, 6) is 4.26. The van der Waals surface area contributed by atoms with E-state index in [-0.39, 0.29) is 28.4 Å². The first-order chi connectivity index (χ1) is 20.9. The van der Waals surface area contributed by atoms with E-state index in [1.54, 1.807) is 35.0 Å². The lowest BCUT2D eigenvalue weighted by molar-refractivity contribution is 0.0741. The summed E-state index contributed by atoms with van der Waals surface area (Å²) in [4.78, 5) is 29.1. The van der Waals surface area contributed by atoms with Gasteiger partial charge in [0.2, 0.25) is 10.9 Å². The molecule has 4 aromatic heterocycles. The third kappa shape index (κ3) is 4.85. The molecular weight excluding hydrogens is 600 g/mol. The molecule has 0 aromatic carbocycles. The van der Waals surface area contributed by atoms with Crippen LogP contribution in [0.25, 0.3) is 11.9 Å². The number of nitrogens with zero attached hydrogens (tertiary/aromatic N) is 8. The minimum atomic E-state index is -2.99. The van der Waals surface area contributed by atoms with Gasteiger partial charge in [-0.3, -0.25) is 9.48 Å². The largest absolute Gasteiger partial charge is 0.290 e. The number of carbonyl (C=O) groups excluding carboxylic acids is 1. The minimum absolute atomic E-state index is 0.0190. The molecule has 3 aliphatic rings. The van der Waals surface area contributed by atoms with Crippen molar-refractivity contribution in [3.63, 3.8) is 0 Å². The minimum Gasteiger partial charge on any atom is -0.290 e. The number of allylic oxidation sites excluding steroid dienone is 1. The molecule has 10 nitrogen and oxygen atoms in total. The SMILES string of the molecule is C=S(=O)(c1ncn(C)n1)N(C1CC1)[C@H]1CCC2=Cc3c(cnn3-c3ccc(F)cn3)C[C@]2(C(=O)c2ncc(C(C)(C)C)s2)C1. The maximum absolute atomic E-state index is 14.8. The molecule has 13 heteroatoms. The van der Waals surface area contributed by atoms with Crippen molar-refractivity contribution in [3.8, 4) is 5.82 Å². The van der Waals surface area contributed by atoms with Crippen LogP contribution in [0.2, 0.25) is 0 Å². The Morgan fingerprint density at radius 1 is 1.14 bits per heavy atom. The Morgan fingerprint density at radius 2 is 1.93 bits per heavy atom. The highest BCUT2D eigenvalue weighted by Crippen LogP contribution is 2.53. The fourth-order valence-electron chi connectivity index (χ4n) is 6.58. The molecule has 0 saturated heterocycles. The number of aromatic nitrogens is 7. The summed E-state index contributed by atoms with van der Waals surface area (Å²) in [6, 6.07) is 2.89. The van der Waals surface area contributed by atoms with Crippen molar-refractivity contribution in [1.82, 2.24) is 38.8 Å². The van der Waals surface area contributed by atoms with Gasteiger partial charge < -0.3 is 0 Å². The van der Waals surface area contributed by atoms with E-state index in [0.29, 0.717) is 36.5 Å². The highest BCUT2D eigenvalue weighted by Gasteiger charge is 2.53. The van der Waals surface area contributed by atoms with E-state index in [0.717, 1.165) is 34.5 Å². The number of fused-ring (bicyclic) bond motifs is 2. The van der Waals surface area contributed by atoms with Gasteiger partial charge in [0.05, 0.1) is 33.2 Å². The second kappa shape index (κ2) is 10.2. The first-order valence-corrected chi connectivity index (χ1v) is 17.3. The van der Waals surface area contributed by atoms with E-state index in [1.165, 1.54) is 23.6 Å². The van der Waals surface area contributed by atoms with Crippen LogP contribution in [-0.4, -0.2) is 66.8 Å². The molecule has 3 aliphatic carbocycles. The number of carbonyl (C=O) groups is 1. The Bertz CT molecular complexity index is 1900. The van der Waals surface area contributed by atoms with Gasteiger partial charge in [-0.1, -0.05) is 26.3 Å². The molecule has 0 amide bonds. The zero-order valence-corrected chi connectivity index (χ0v) is 26.9. The van der Waals surface area contributed by atoms with E-state index < -0.39 is 20.9 Å². The lowest BCUT2D eigenvalue weighted by Crippen LogP contribution is -2.51. The number of rotatable bonds is 7. The first-order valence-electron chi connectivity index (χ1n) is 14.8. The molecule has 0 spiro atoms. The fraction of sp³-hybridized carbons (Fsp3) is 0.452. The molecule has 2 fully saturated rings. The Hall–Kier alpha value is -3.55. The van der Waals surface area contributed by atoms with Crippen molar-refractivity contribution in [2.24, 2.45) is 12.5 Å². The lowest BCUT2D eigenvalue weighted by atomic mass is 9.61. The first kappa shape index (κ1) is 29.2. The molecule has 4 aromatic rings. The predicted molar refractivity (Wildman–Crippen MR) is 168 cm³/mol. The van der Waals surface area contributed by atoms with Gasteiger partial charge in [0.15, 0.2) is 10.8 Å². The maximum Gasteiger partial charge on any atom is 0.244 e. The number of halogens is 1. The zero-order valence-electron chi connectivity index (χ0n) is 25.2. The van der Waals surface area contributed by atoms with Crippen LogP contribution in [0.1, 0.15) is 78.8 Å². The normalized spacial score (nSPS) is 23.1. The molecule has 4 heterocycles. The van der Waals surface area contributed by atoms with Gasteiger partial charge in [0.25, 0.3) is 0 Å². The van der Waals surface area contributed by atoms with Gasteiger partial charge >= 0.3 is 0 Å². The topological polar surface area (TPSA) is 112 Å². The van der Waals surface area contributed by atoms with E-state index in [1.807, 2.05) is 10.5 Å². The summed E-state index contributed by atoms with van der Waals surface area (Å²) in [7, 11) is -1.24. The van der Waals surface area contributed by atoms with Crippen LogP contribution in [0.15, 0.2) is 47.8 Å². The number of aryl methyl sites for hydroxylation is 1. The van der Waals surface area contributed by atoms with E-state index in [9.17, 15) is 13.4 Å². The van der Waals surface area contributed by atoms with Crippen LogP contribution in [-0.2, 0) is 28.6 Å². The van der Waals surface area contributed by atoms with Gasteiger partial charge in [-0.25, -0.2) is 32.5 Å². The van der Waals surface area contributed by atoms with Crippen molar-refractivity contribution in [2.75, 3.05) is 0 Å². The maximum atomic E-state index is 14.8. The molecule has 2 saturated carbocycles. The van der Waals surface area contributed by atoms with Crippen molar-refractivity contribution in [1.29, 1.82) is 0 Å². The second-order valence-electron chi connectivity index (χ2n) is 13.2. The third-order valence-electron chi connectivity index (χ3n) is 8.91. The third-order valence-corrected chi connectivity index (χ3v) is 12.4. The second-order valence-corrected chi connectivity index (χ2v) is 16.3. The van der Waals surface area contributed by atoms with Crippen LogP contribution < -0.4 is 0 Å². The number of pyridine rings is 1. The van der Waals surface area contributed by atoms with Crippen molar-refractivity contribution < 1.29 is 13.4 Å². The van der Waals surface area contributed by atoms with Crippen LogP contribution in [0.3, 0.4) is 0 Å². The highest BCUT2D eigenvalue weighted by molar-refractivity contribution is 7.98. The number of Topliss-reactive ketones (excluding diaryl/α,β-unsaturated/α-hetero) is 1. The monoisotopic (exact) mass is 634 g/mol. The Kier molecular flexibility index (Phi) is 6.79. The lowest BCUT2D eigenvalue weighted by Gasteiger charge is -2.47. The number of hydrogen-bond donors (Lipinski definition) is 0. The van der Waals surface area contributed by atoms with Crippen LogP contribution in [0, 0.1) is 11.2 Å². The molecule has 44 heavy (non-hydrogen) atoms. The summed E-state index contributed by atoms with van der Waals surface area (Å²) < 4.78 is 33.3. The number of thiazole rings is 1. The van der Waals surface area contributed by atoms with Crippen molar-refractivity contribution >= 4 is 38.8 Å². The Labute approximate surface area is 260 Å². The molecule has 7 rings (SSSR count). The zero-order chi connectivity index (χ0) is 31.0. The van der Waals surface area contributed by atoms with Gasteiger partial charge in [-0.2, -0.15) is 5.10 Å². The average Bonchev–Trinajstić information content (AvgIpc) is 3.34. The molecule has 0 bridgehead atoms. The fourth-order valence-corrected chi connectivity index (χ4v) is 9.60.